The number of anilines is 1. The van der Waals surface area contributed by atoms with Gasteiger partial charge in [0.2, 0.25) is 0 Å². The number of rotatable bonds is 3. The van der Waals surface area contributed by atoms with Crippen molar-refractivity contribution >= 4 is 29.3 Å². The van der Waals surface area contributed by atoms with Gasteiger partial charge in [-0.1, -0.05) is 36.4 Å². The number of hydrogen-bond acceptors (Lipinski definition) is 1. The third-order valence-electron chi connectivity index (χ3n) is 2.47. The fourth-order valence-electron chi connectivity index (χ4n) is 1.48. The van der Waals surface area contributed by atoms with Crippen LogP contribution in [0.4, 0.5) is 5.69 Å². The lowest BCUT2D eigenvalue weighted by Crippen LogP contribution is -2.11. The van der Waals surface area contributed by atoms with Gasteiger partial charge in [0, 0.05) is 16.3 Å². The van der Waals surface area contributed by atoms with Crippen LogP contribution >= 0.6 is 11.6 Å². The lowest BCUT2D eigenvalue weighted by Gasteiger charge is -2.05. The third-order valence-corrected chi connectivity index (χ3v) is 2.72. The van der Waals surface area contributed by atoms with E-state index in [2.05, 4.69) is 5.32 Å². The number of carbonyl (C=O) groups is 1. The van der Waals surface area contributed by atoms with Crippen molar-refractivity contribution in [3.05, 3.63) is 71.3 Å². The number of nitrogens with one attached hydrogen (secondary N) is 1. The average Bonchev–Trinajstić information content (AvgIpc) is 2.41. The van der Waals surface area contributed by atoms with Gasteiger partial charge in [-0.15, -0.1) is 0 Å². The maximum atomic E-state index is 11.9. The normalized spacial score (nSPS) is 9.83. The lowest BCUT2D eigenvalue weighted by molar-refractivity contribution is 0.102. The Morgan fingerprint density at radius 1 is 1.06 bits per heavy atom. The second-order valence-corrected chi connectivity index (χ2v) is 4.19. The van der Waals surface area contributed by atoms with Gasteiger partial charge in [0.25, 0.3) is 5.91 Å². The molecular weight excluding hydrogens is 246 g/mol. The summed E-state index contributed by atoms with van der Waals surface area (Å²) in [6.07, 6.45) is 1.49. The Kier molecular flexibility index (Phi) is 3.80. The summed E-state index contributed by atoms with van der Waals surface area (Å²) in [6, 6.07) is 14.0. The summed E-state index contributed by atoms with van der Waals surface area (Å²) in [4.78, 5) is 11.9. The Morgan fingerprint density at radius 2 is 1.67 bits per heavy atom. The Bertz CT molecular complexity index is 558. The third kappa shape index (κ3) is 2.99. The number of halogens is 1. The Hall–Kier alpha value is -2.06. The van der Waals surface area contributed by atoms with Crippen LogP contribution < -0.4 is 5.32 Å². The second-order valence-electron chi connectivity index (χ2n) is 3.75. The minimum Gasteiger partial charge on any atom is -0.322 e. The molecule has 2 nitrogen and oxygen atoms in total. The zero-order chi connectivity index (χ0) is 13.0. The standard InChI is InChI=1S/C15H11ClNO/c1-2-11-3-5-12(6-4-11)15(18)17-14-9-7-13(16)8-10-14/h1-10H,(H,17,18). The van der Waals surface area contributed by atoms with E-state index in [1.54, 1.807) is 48.5 Å². The summed E-state index contributed by atoms with van der Waals surface area (Å²) < 4.78 is 0. The fraction of sp³-hybridized carbons (Fsp3) is 0. The van der Waals surface area contributed by atoms with Crippen molar-refractivity contribution in [1.82, 2.24) is 0 Å². The highest BCUT2D eigenvalue weighted by molar-refractivity contribution is 6.30. The van der Waals surface area contributed by atoms with E-state index in [1.165, 1.54) is 6.08 Å². The summed E-state index contributed by atoms with van der Waals surface area (Å²) >= 11 is 5.77. The topological polar surface area (TPSA) is 29.1 Å². The number of carbonyl (C=O) groups excluding carboxylic acids is 1. The fourth-order valence-corrected chi connectivity index (χ4v) is 1.61. The highest BCUT2D eigenvalue weighted by atomic mass is 35.5. The van der Waals surface area contributed by atoms with Gasteiger partial charge in [0.1, 0.15) is 0 Å². The van der Waals surface area contributed by atoms with Crippen molar-refractivity contribution in [2.24, 2.45) is 0 Å². The molecule has 0 aliphatic carbocycles. The molecule has 3 heteroatoms. The molecule has 2 aromatic rings. The van der Waals surface area contributed by atoms with Crippen LogP contribution in [0.5, 0.6) is 0 Å². The molecule has 1 radical (unpaired) electrons. The van der Waals surface area contributed by atoms with Crippen molar-refractivity contribution < 1.29 is 4.79 Å². The Morgan fingerprint density at radius 3 is 2.22 bits per heavy atom. The maximum absolute atomic E-state index is 11.9. The van der Waals surface area contributed by atoms with E-state index in [0.717, 1.165) is 5.56 Å². The van der Waals surface area contributed by atoms with Gasteiger partial charge in [-0.2, -0.15) is 0 Å². The summed E-state index contributed by atoms with van der Waals surface area (Å²) in [5, 5.41) is 3.42. The molecule has 0 fully saturated rings. The zero-order valence-electron chi connectivity index (χ0n) is 9.56. The van der Waals surface area contributed by atoms with Gasteiger partial charge < -0.3 is 5.32 Å². The van der Waals surface area contributed by atoms with Gasteiger partial charge in [0.15, 0.2) is 0 Å². The zero-order valence-corrected chi connectivity index (χ0v) is 10.3. The first-order valence-electron chi connectivity index (χ1n) is 5.41. The van der Waals surface area contributed by atoms with Gasteiger partial charge in [-0.05, 0) is 42.0 Å². The minimum atomic E-state index is -0.166. The lowest BCUT2D eigenvalue weighted by atomic mass is 10.1. The average molecular weight is 257 g/mol. The molecule has 0 spiro atoms. The van der Waals surface area contributed by atoms with Gasteiger partial charge in [0.05, 0.1) is 0 Å². The van der Waals surface area contributed by atoms with Crippen molar-refractivity contribution in [3.8, 4) is 0 Å². The molecule has 0 aromatic heterocycles. The van der Waals surface area contributed by atoms with Crippen molar-refractivity contribution in [3.63, 3.8) is 0 Å². The van der Waals surface area contributed by atoms with E-state index in [0.29, 0.717) is 16.3 Å². The molecule has 0 saturated heterocycles. The molecule has 0 saturated carbocycles. The van der Waals surface area contributed by atoms with Crippen LogP contribution in [0.15, 0.2) is 48.5 Å². The number of hydrogen-bond donors (Lipinski definition) is 1. The molecule has 0 unspecified atom stereocenters. The highest BCUT2D eigenvalue weighted by Gasteiger charge is 2.05. The van der Waals surface area contributed by atoms with E-state index in [4.69, 9.17) is 18.2 Å². The van der Waals surface area contributed by atoms with Crippen LogP contribution in [0.1, 0.15) is 15.9 Å². The van der Waals surface area contributed by atoms with Crippen molar-refractivity contribution in [2.75, 3.05) is 5.32 Å². The smallest absolute Gasteiger partial charge is 0.255 e. The van der Waals surface area contributed by atoms with Crippen LogP contribution in [0, 0.1) is 6.58 Å². The molecule has 1 N–H and O–H groups in total. The molecule has 2 rings (SSSR count). The van der Waals surface area contributed by atoms with Crippen LogP contribution in [0.3, 0.4) is 0 Å². The van der Waals surface area contributed by atoms with E-state index in [1.807, 2.05) is 0 Å². The van der Waals surface area contributed by atoms with Crippen LogP contribution in [-0.2, 0) is 0 Å². The maximum Gasteiger partial charge on any atom is 0.255 e. The first-order valence-corrected chi connectivity index (χ1v) is 5.79. The summed E-state index contributed by atoms with van der Waals surface area (Å²) in [5.41, 5.74) is 2.16. The minimum absolute atomic E-state index is 0.166. The molecular formula is C15H11ClNO. The first kappa shape index (κ1) is 12.4. The molecule has 18 heavy (non-hydrogen) atoms. The highest BCUT2D eigenvalue weighted by Crippen LogP contribution is 2.14. The van der Waals surface area contributed by atoms with E-state index >= 15 is 0 Å². The van der Waals surface area contributed by atoms with E-state index < -0.39 is 0 Å². The van der Waals surface area contributed by atoms with Crippen LogP contribution in [0.25, 0.3) is 6.08 Å². The molecule has 0 aliphatic rings. The molecule has 1 amide bonds. The Labute approximate surface area is 111 Å². The summed E-state index contributed by atoms with van der Waals surface area (Å²) in [7, 11) is 0. The van der Waals surface area contributed by atoms with Gasteiger partial charge in [-0.25, -0.2) is 0 Å². The number of amides is 1. The van der Waals surface area contributed by atoms with Crippen molar-refractivity contribution in [2.45, 2.75) is 0 Å². The van der Waals surface area contributed by atoms with E-state index in [9.17, 15) is 4.79 Å². The predicted octanol–water partition coefficient (Wildman–Crippen LogP) is 4.04. The molecule has 0 heterocycles. The first-order chi connectivity index (χ1) is 8.69. The molecule has 89 valence electrons. The summed E-state index contributed by atoms with van der Waals surface area (Å²) in [6.45, 7) is 5.38. The second kappa shape index (κ2) is 5.52. The number of benzene rings is 2. The Balaban J connectivity index is 2.11. The molecule has 0 aliphatic heterocycles. The van der Waals surface area contributed by atoms with Crippen molar-refractivity contribution in [1.29, 1.82) is 0 Å². The molecule has 0 atom stereocenters. The SMILES string of the molecule is [CH]=Cc1ccc(C(=O)Nc2ccc(Cl)cc2)cc1. The van der Waals surface area contributed by atoms with Crippen LogP contribution in [0.2, 0.25) is 5.02 Å². The predicted molar refractivity (Wildman–Crippen MR) is 74.6 cm³/mol. The van der Waals surface area contributed by atoms with E-state index in [-0.39, 0.29) is 5.91 Å². The van der Waals surface area contributed by atoms with Gasteiger partial charge >= 0.3 is 0 Å². The summed E-state index contributed by atoms with van der Waals surface area (Å²) in [5.74, 6) is -0.166. The molecule has 2 aromatic carbocycles. The monoisotopic (exact) mass is 256 g/mol. The molecule has 0 bridgehead atoms. The quantitative estimate of drug-likeness (QED) is 0.882. The van der Waals surface area contributed by atoms with Gasteiger partial charge in [-0.3, -0.25) is 4.79 Å². The largest absolute Gasteiger partial charge is 0.322 e. The van der Waals surface area contributed by atoms with Crippen LogP contribution in [-0.4, -0.2) is 5.91 Å².